The fraction of sp³-hybridized carbons (Fsp3) is 0.125. The molecule has 2 aromatic heterocycles. The Balaban J connectivity index is 2.67. The van der Waals surface area contributed by atoms with E-state index in [1.165, 1.54) is 0 Å². The number of aromatic nitrogens is 1. The third-order valence-electron chi connectivity index (χ3n) is 1.52. The second-order valence-electron chi connectivity index (χ2n) is 2.36. The van der Waals surface area contributed by atoms with E-state index in [0.717, 1.165) is 15.1 Å². The van der Waals surface area contributed by atoms with Crippen molar-refractivity contribution in [3.8, 4) is 0 Å². The minimum atomic E-state index is 0.529. The summed E-state index contributed by atoms with van der Waals surface area (Å²) < 4.78 is 1.13. The lowest BCUT2D eigenvalue weighted by atomic mass is 10.4. The molecule has 12 heavy (non-hydrogen) atoms. The average Bonchev–Trinajstić information content (AvgIpc) is 2.46. The molecule has 0 aromatic carbocycles. The van der Waals surface area contributed by atoms with E-state index in [1.807, 2.05) is 12.1 Å². The maximum Gasteiger partial charge on any atom is 0.129 e. The molecule has 2 aromatic rings. The van der Waals surface area contributed by atoms with Gasteiger partial charge >= 0.3 is 0 Å². The SMILES string of the molecule is ClCc1cc2nc(Cl)ccc2s1. The molecular formula is C8H5Cl2NS. The van der Waals surface area contributed by atoms with Crippen molar-refractivity contribution < 1.29 is 0 Å². The lowest BCUT2D eigenvalue weighted by molar-refractivity contribution is 1.42. The van der Waals surface area contributed by atoms with E-state index >= 15 is 0 Å². The Bertz CT molecular complexity index is 410. The van der Waals surface area contributed by atoms with Gasteiger partial charge in [0.1, 0.15) is 5.15 Å². The van der Waals surface area contributed by atoms with Gasteiger partial charge in [0.2, 0.25) is 0 Å². The van der Waals surface area contributed by atoms with Crippen LogP contribution in [0.25, 0.3) is 10.2 Å². The monoisotopic (exact) mass is 217 g/mol. The largest absolute Gasteiger partial charge is 0.235 e. The van der Waals surface area contributed by atoms with Crippen LogP contribution in [0.1, 0.15) is 4.88 Å². The summed E-state index contributed by atoms with van der Waals surface area (Å²) in [5.41, 5.74) is 0.933. The first kappa shape index (κ1) is 8.30. The van der Waals surface area contributed by atoms with Crippen LogP contribution in [0.2, 0.25) is 5.15 Å². The van der Waals surface area contributed by atoms with Gasteiger partial charge in [-0.3, -0.25) is 0 Å². The summed E-state index contributed by atoms with van der Waals surface area (Å²) in [5, 5.41) is 0.529. The van der Waals surface area contributed by atoms with Crippen LogP contribution in [0.4, 0.5) is 0 Å². The fourth-order valence-electron chi connectivity index (χ4n) is 1.02. The van der Waals surface area contributed by atoms with Crippen molar-refractivity contribution in [2.24, 2.45) is 0 Å². The molecular weight excluding hydrogens is 213 g/mol. The van der Waals surface area contributed by atoms with Gasteiger partial charge < -0.3 is 0 Å². The van der Waals surface area contributed by atoms with Gasteiger partial charge in [0.05, 0.1) is 16.1 Å². The van der Waals surface area contributed by atoms with Crippen molar-refractivity contribution in [3.05, 3.63) is 28.2 Å². The number of nitrogens with zero attached hydrogens (tertiary/aromatic N) is 1. The summed E-state index contributed by atoms with van der Waals surface area (Å²) in [5.74, 6) is 0.540. The molecule has 0 aliphatic carbocycles. The molecule has 2 rings (SSSR count). The highest BCUT2D eigenvalue weighted by atomic mass is 35.5. The highest BCUT2D eigenvalue weighted by Crippen LogP contribution is 2.26. The number of hydrogen-bond donors (Lipinski definition) is 0. The first-order valence-electron chi connectivity index (χ1n) is 3.40. The molecule has 0 spiro atoms. The summed E-state index contributed by atoms with van der Waals surface area (Å²) in [6.07, 6.45) is 0. The van der Waals surface area contributed by atoms with Crippen LogP contribution in [0.3, 0.4) is 0 Å². The second kappa shape index (κ2) is 3.21. The maximum atomic E-state index is 5.73. The van der Waals surface area contributed by atoms with Gasteiger partial charge in [-0.2, -0.15) is 0 Å². The Morgan fingerprint density at radius 3 is 3.00 bits per heavy atom. The van der Waals surface area contributed by atoms with Crippen LogP contribution in [-0.4, -0.2) is 4.98 Å². The molecule has 0 unspecified atom stereocenters. The van der Waals surface area contributed by atoms with Crippen LogP contribution in [-0.2, 0) is 5.88 Å². The summed E-state index contributed by atoms with van der Waals surface area (Å²) in [6, 6.07) is 5.72. The number of hydrogen-bond acceptors (Lipinski definition) is 2. The van der Waals surface area contributed by atoms with E-state index in [1.54, 1.807) is 17.4 Å². The van der Waals surface area contributed by atoms with E-state index in [-0.39, 0.29) is 0 Å². The Morgan fingerprint density at radius 1 is 1.42 bits per heavy atom. The number of fused-ring (bicyclic) bond motifs is 1. The molecule has 4 heteroatoms. The summed E-state index contributed by atoms with van der Waals surface area (Å²) in [7, 11) is 0. The smallest absolute Gasteiger partial charge is 0.129 e. The Labute approximate surface area is 83.9 Å². The van der Waals surface area contributed by atoms with E-state index in [0.29, 0.717) is 11.0 Å². The predicted molar refractivity (Wildman–Crippen MR) is 54.2 cm³/mol. The molecule has 0 aliphatic heterocycles. The molecule has 0 atom stereocenters. The molecule has 2 heterocycles. The molecule has 0 bridgehead atoms. The summed E-state index contributed by atoms with van der Waals surface area (Å²) >= 11 is 13.1. The quantitative estimate of drug-likeness (QED) is 0.525. The fourth-order valence-corrected chi connectivity index (χ4v) is 2.26. The van der Waals surface area contributed by atoms with Crippen molar-refractivity contribution >= 4 is 44.8 Å². The average molecular weight is 218 g/mol. The van der Waals surface area contributed by atoms with Gasteiger partial charge in [0.15, 0.2) is 0 Å². The standard InChI is InChI=1S/C8H5Cl2NS/c9-4-5-3-6-7(12-5)1-2-8(10)11-6/h1-3H,4H2. The van der Waals surface area contributed by atoms with Gasteiger partial charge in [-0.15, -0.1) is 22.9 Å². The van der Waals surface area contributed by atoms with Crippen molar-refractivity contribution in [2.45, 2.75) is 5.88 Å². The normalized spacial score (nSPS) is 10.8. The van der Waals surface area contributed by atoms with Crippen molar-refractivity contribution in [1.29, 1.82) is 0 Å². The van der Waals surface area contributed by atoms with Gasteiger partial charge in [-0.05, 0) is 18.2 Å². The lowest BCUT2D eigenvalue weighted by Gasteiger charge is -1.87. The van der Waals surface area contributed by atoms with Crippen molar-refractivity contribution in [1.82, 2.24) is 4.98 Å². The van der Waals surface area contributed by atoms with E-state index < -0.39 is 0 Å². The number of rotatable bonds is 1. The van der Waals surface area contributed by atoms with Gasteiger partial charge in [-0.25, -0.2) is 4.98 Å². The first-order chi connectivity index (χ1) is 5.79. The zero-order valence-electron chi connectivity index (χ0n) is 6.05. The molecule has 1 nitrogen and oxygen atoms in total. The third-order valence-corrected chi connectivity index (χ3v) is 3.27. The Hall–Kier alpha value is -0.310. The summed E-state index contributed by atoms with van der Waals surface area (Å²) in [4.78, 5) is 5.29. The van der Waals surface area contributed by atoms with E-state index in [4.69, 9.17) is 23.2 Å². The molecule has 0 saturated carbocycles. The molecule has 62 valence electrons. The van der Waals surface area contributed by atoms with Gasteiger partial charge in [0, 0.05) is 4.88 Å². The van der Waals surface area contributed by atoms with Crippen LogP contribution in [0, 0.1) is 0 Å². The van der Waals surface area contributed by atoms with Crippen LogP contribution >= 0.6 is 34.5 Å². The number of thiophene rings is 1. The molecule has 0 fully saturated rings. The molecule has 0 amide bonds. The molecule has 0 radical (unpaired) electrons. The topological polar surface area (TPSA) is 12.9 Å². The van der Waals surface area contributed by atoms with Gasteiger partial charge in [0.25, 0.3) is 0 Å². The van der Waals surface area contributed by atoms with E-state index in [9.17, 15) is 0 Å². The Kier molecular flexibility index (Phi) is 2.22. The highest BCUT2D eigenvalue weighted by Gasteiger charge is 2.01. The van der Waals surface area contributed by atoms with Crippen LogP contribution in [0.15, 0.2) is 18.2 Å². The minimum Gasteiger partial charge on any atom is -0.235 e. The maximum absolute atomic E-state index is 5.73. The van der Waals surface area contributed by atoms with Gasteiger partial charge in [-0.1, -0.05) is 11.6 Å². The third kappa shape index (κ3) is 1.42. The first-order valence-corrected chi connectivity index (χ1v) is 5.13. The number of alkyl halides is 1. The zero-order valence-corrected chi connectivity index (χ0v) is 8.38. The Morgan fingerprint density at radius 2 is 2.25 bits per heavy atom. The molecule has 0 N–H and O–H groups in total. The predicted octanol–water partition coefficient (Wildman–Crippen LogP) is 3.69. The van der Waals surface area contributed by atoms with Crippen molar-refractivity contribution in [3.63, 3.8) is 0 Å². The van der Waals surface area contributed by atoms with Crippen molar-refractivity contribution in [2.75, 3.05) is 0 Å². The number of pyridine rings is 1. The molecule has 0 aliphatic rings. The van der Waals surface area contributed by atoms with Crippen LogP contribution in [0.5, 0.6) is 0 Å². The zero-order chi connectivity index (χ0) is 8.55. The summed E-state index contributed by atoms with van der Waals surface area (Å²) in [6.45, 7) is 0. The number of halogens is 2. The minimum absolute atomic E-state index is 0.529. The molecule has 0 saturated heterocycles. The lowest BCUT2D eigenvalue weighted by Crippen LogP contribution is -1.71. The highest BCUT2D eigenvalue weighted by molar-refractivity contribution is 7.19. The van der Waals surface area contributed by atoms with Crippen LogP contribution < -0.4 is 0 Å². The second-order valence-corrected chi connectivity index (χ2v) is 4.19. The van der Waals surface area contributed by atoms with E-state index in [2.05, 4.69) is 4.98 Å².